The Balaban J connectivity index is 2.33. The van der Waals surface area contributed by atoms with Crippen molar-refractivity contribution in [1.29, 1.82) is 0 Å². The zero-order chi connectivity index (χ0) is 27.8. The number of carbonyl (C=O) groups excluding carboxylic acids is 1. The summed E-state index contributed by atoms with van der Waals surface area (Å²) in [5, 5.41) is 0. The van der Waals surface area contributed by atoms with E-state index in [1.54, 1.807) is 6.92 Å². The van der Waals surface area contributed by atoms with Crippen molar-refractivity contribution in [3.05, 3.63) is 29.8 Å². The smallest absolute Gasteiger partial charge is 0.329 e. The van der Waals surface area contributed by atoms with Gasteiger partial charge in [-0.3, -0.25) is 4.79 Å². The monoisotopic (exact) mass is 555 g/mol. The SMILES string of the molecule is CCCCCCCCCCCCCOc1cccc(CC(COP(O)OCCCN(C)C)OC(=O)CC)c1. The topological polar surface area (TPSA) is 77.5 Å². The highest BCUT2D eigenvalue weighted by Crippen LogP contribution is 2.33. The first-order chi connectivity index (χ1) is 18.4. The van der Waals surface area contributed by atoms with E-state index in [-0.39, 0.29) is 19.0 Å². The third-order valence-corrected chi connectivity index (χ3v) is 7.06. The van der Waals surface area contributed by atoms with E-state index in [9.17, 15) is 9.69 Å². The Morgan fingerprint density at radius 3 is 2.18 bits per heavy atom. The van der Waals surface area contributed by atoms with Gasteiger partial charge in [0.05, 0.1) is 19.8 Å². The summed E-state index contributed by atoms with van der Waals surface area (Å²) < 4.78 is 22.4. The minimum absolute atomic E-state index is 0.0749. The van der Waals surface area contributed by atoms with E-state index in [0.29, 0.717) is 19.6 Å². The van der Waals surface area contributed by atoms with Gasteiger partial charge in [0.15, 0.2) is 0 Å². The van der Waals surface area contributed by atoms with Crippen molar-refractivity contribution >= 4 is 14.6 Å². The maximum Gasteiger partial charge on any atom is 0.329 e. The highest BCUT2D eigenvalue weighted by atomic mass is 31.2. The fraction of sp³-hybridized carbons (Fsp3) is 0.767. The Bertz CT molecular complexity index is 705. The van der Waals surface area contributed by atoms with Gasteiger partial charge in [-0.1, -0.05) is 90.2 Å². The van der Waals surface area contributed by atoms with Crippen LogP contribution in [0.25, 0.3) is 0 Å². The van der Waals surface area contributed by atoms with Gasteiger partial charge in [0, 0.05) is 12.8 Å². The van der Waals surface area contributed by atoms with Crippen molar-refractivity contribution in [3.63, 3.8) is 0 Å². The first-order valence-electron chi connectivity index (χ1n) is 14.7. The summed E-state index contributed by atoms with van der Waals surface area (Å²) in [5.41, 5.74) is 0.994. The number of hydrogen-bond acceptors (Lipinski definition) is 7. The fourth-order valence-electron chi connectivity index (χ4n) is 4.09. The number of carbonyl (C=O) groups is 1. The van der Waals surface area contributed by atoms with Crippen molar-refractivity contribution in [2.24, 2.45) is 0 Å². The molecule has 0 amide bonds. The molecule has 38 heavy (non-hydrogen) atoms. The molecule has 7 nitrogen and oxygen atoms in total. The average Bonchev–Trinajstić information content (AvgIpc) is 2.90. The zero-order valence-electron chi connectivity index (χ0n) is 24.5. The number of unbranched alkanes of at least 4 members (excludes halogenated alkanes) is 10. The van der Waals surface area contributed by atoms with E-state index >= 15 is 0 Å². The van der Waals surface area contributed by atoms with Crippen LogP contribution in [0, 0.1) is 0 Å². The molecular weight excluding hydrogens is 501 g/mol. The van der Waals surface area contributed by atoms with Gasteiger partial charge < -0.3 is 28.3 Å². The molecule has 220 valence electrons. The van der Waals surface area contributed by atoms with Gasteiger partial charge in [-0.25, -0.2) is 0 Å². The molecule has 0 fully saturated rings. The molecule has 8 heteroatoms. The molecule has 0 spiro atoms. The van der Waals surface area contributed by atoms with Crippen molar-refractivity contribution in [2.45, 2.75) is 110 Å². The van der Waals surface area contributed by atoms with Crippen molar-refractivity contribution in [1.82, 2.24) is 4.90 Å². The summed E-state index contributed by atoms with van der Waals surface area (Å²) in [5.74, 6) is 0.529. The molecule has 0 bridgehead atoms. The van der Waals surface area contributed by atoms with Crippen LogP contribution in [0.3, 0.4) is 0 Å². The van der Waals surface area contributed by atoms with Gasteiger partial charge in [0.1, 0.15) is 11.9 Å². The first kappa shape index (κ1) is 34.8. The summed E-state index contributed by atoms with van der Waals surface area (Å²) in [6.45, 7) is 6.09. The van der Waals surface area contributed by atoms with Crippen LogP contribution >= 0.6 is 8.60 Å². The fourth-order valence-corrected chi connectivity index (χ4v) is 4.75. The van der Waals surface area contributed by atoms with Crippen LogP contribution in [0.15, 0.2) is 24.3 Å². The van der Waals surface area contributed by atoms with E-state index in [1.807, 2.05) is 38.4 Å². The molecule has 0 radical (unpaired) electrons. The number of benzene rings is 1. The first-order valence-corrected chi connectivity index (χ1v) is 15.9. The Kier molecular flexibility index (Phi) is 21.6. The van der Waals surface area contributed by atoms with Crippen LogP contribution in [-0.4, -0.2) is 62.3 Å². The van der Waals surface area contributed by atoms with Crippen molar-refractivity contribution in [3.8, 4) is 5.75 Å². The average molecular weight is 556 g/mol. The van der Waals surface area contributed by atoms with Gasteiger partial charge in [0.2, 0.25) is 0 Å². The molecule has 0 heterocycles. The van der Waals surface area contributed by atoms with E-state index in [1.165, 1.54) is 64.2 Å². The van der Waals surface area contributed by atoms with Gasteiger partial charge >= 0.3 is 14.6 Å². The molecule has 0 saturated carbocycles. The predicted molar refractivity (Wildman–Crippen MR) is 156 cm³/mol. The second-order valence-corrected chi connectivity index (χ2v) is 11.2. The van der Waals surface area contributed by atoms with Crippen LogP contribution in [0.1, 0.15) is 103 Å². The van der Waals surface area contributed by atoms with Gasteiger partial charge in [0.25, 0.3) is 0 Å². The van der Waals surface area contributed by atoms with Crippen LogP contribution in [0.2, 0.25) is 0 Å². The van der Waals surface area contributed by atoms with Gasteiger partial charge in [-0.2, -0.15) is 0 Å². The predicted octanol–water partition coefficient (Wildman–Crippen LogP) is 7.44. The molecule has 1 aromatic rings. The minimum atomic E-state index is -2.01. The quantitative estimate of drug-likeness (QED) is 0.0763. The normalized spacial score (nSPS) is 13.0. The largest absolute Gasteiger partial charge is 0.494 e. The molecule has 0 aliphatic rings. The second-order valence-electron chi connectivity index (χ2n) is 10.2. The summed E-state index contributed by atoms with van der Waals surface area (Å²) >= 11 is 0. The van der Waals surface area contributed by atoms with Crippen LogP contribution in [-0.2, 0) is 25.0 Å². The summed E-state index contributed by atoms with van der Waals surface area (Å²) in [6.07, 6.45) is 15.5. The molecule has 0 saturated heterocycles. The van der Waals surface area contributed by atoms with E-state index < -0.39 is 14.7 Å². The standard InChI is InChI=1S/C30H54NO6P/c1-5-7-8-9-10-11-12-13-14-15-16-22-34-28-20-17-19-27(24-28)25-29(37-30(32)6-2)26-36-38(33)35-23-18-21-31(3)4/h17,19-20,24,29,33H,5-16,18,21-23,25-26H2,1-4H3. The highest BCUT2D eigenvalue weighted by Gasteiger charge is 2.18. The zero-order valence-corrected chi connectivity index (χ0v) is 25.4. The number of nitrogens with zero attached hydrogens (tertiary/aromatic N) is 1. The Labute approximate surface area is 233 Å². The molecule has 2 unspecified atom stereocenters. The number of esters is 1. The number of rotatable bonds is 25. The lowest BCUT2D eigenvalue weighted by Gasteiger charge is -2.20. The summed E-state index contributed by atoms with van der Waals surface area (Å²) in [4.78, 5) is 24.0. The van der Waals surface area contributed by atoms with Crippen LogP contribution in [0.4, 0.5) is 0 Å². The molecule has 1 N–H and O–H groups in total. The van der Waals surface area contributed by atoms with E-state index in [2.05, 4.69) is 11.8 Å². The third-order valence-electron chi connectivity index (χ3n) is 6.29. The highest BCUT2D eigenvalue weighted by molar-refractivity contribution is 7.40. The maximum absolute atomic E-state index is 11.9. The molecule has 0 aromatic heterocycles. The molecule has 0 aliphatic heterocycles. The number of ether oxygens (including phenoxy) is 2. The van der Waals surface area contributed by atoms with Gasteiger partial charge in [-0.05, 0) is 51.2 Å². The molecule has 1 aromatic carbocycles. The Hall–Kier alpha value is -1.24. The van der Waals surface area contributed by atoms with Crippen molar-refractivity contribution < 1.29 is 28.2 Å². The van der Waals surface area contributed by atoms with Crippen LogP contribution < -0.4 is 4.74 Å². The Morgan fingerprint density at radius 2 is 1.55 bits per heavy atom. The third kappa shape index (κ3) is 19.8. The van der Waals surface area contributed by atoms with Crippen LogP contribution in [0.5, 0.6) is 5.75 Å². The van der Waals surface area contributed by atoms with Gasteiger partial charge in [-0.15, -0.1) is 0 Å². The minimum Gasteiger partial charge on any atom is -0.494 e. The molecule has 2 atom stereocenters. The molecule has 0 aliphatic carbocycles. The van der Waals surface area contributed by atoms with E-state index in [4.69, 9.17) is 18.5 Å². The summed E-state index contributed by atoms with van der Waals surface area (Å²) in [6, 6.07) is 7.89. The Morgan fingerprint density at radius 1 is 0.895 bits per heavy atom. The maximum atomic E-state index is 11.9. The molecular formula is C30H54NO6P. The lowest BCUT2D eigenvalue weighted by atomic mass is 10.1. The lowest BCUT2D eigenvalue weighted by molar-refractivity contribution is -0.150. The molecule has 1 rings (SSSR count). The van der Waals surface area contributed by atoms with Crippen molar-refractivity contribution in [2.75, 3.05) is 40.5 Å². The van der Waals surface area contributed by atoms with E-state index in [0.717, 1.165) is 30.7 Å². The number of hydrogen-bond donors (Lipinski definition) is 1. The summed E-state index contributed by atoms with van der Waals surface area (Å²) in [7, 11) is 1.97. The lowest BCUT2D eigenvalue weighted by Crippen LogP contribution is -2.25. The second kappa shape index (κ2) is 23.6.